The summed E-state index contributed by atoms with van der Waals surface area (Å²) in [6.45, 7) is 2.01. The van der Waals surface area contributed by atoms with Crippen LogP contribution in [0.5, 0.6) is 0 Å². The van der Waals surface area contributed by atoms with Gasteiger partial charge in [-0.25, -0.2) is 8.42 Å². The molecule has 0 fully saturated rings. The second kappa shape index (κ2) is 6.62. The number of carboxylic acid groups (broad SMARTS) is 1. The van der Waals surface area contributed by atoms with Crippen LogP contribution in [0.4, 0.5) is 0 Å². The summed E-state index contributed by atoms with van der Waals surface area (Å²) in [5, 5.41) is 16.2. The summed E-state index contributed by atoms with van der Waals surface area (Å²) >= 11 is 0. The molecule has 0 spiro atoms. The Morgan fingerprint density at radius 3 is 2.79 bits per heavy atom. The van der Waals surface area contributed by atoms with Crippen LogP contribution in [0.1, 0.15) is 19.0 Å². The molecule has 1 rings (SSSR count). The lowest BCUT2D eigenvalue weighted by molar-refractivity contribution is -0.138. The van der Waals surface area contributed by atoms with Crippen molar-refractivity contribution >= 4 is 15.8 Å². The van der Waals surface area contributed by atoms with Gasteiger partial charge in [-0.3, -0.25) is 9.48 Å². The molecule has 19 heavy (non-hydrogen) atoms. The van der Waals surface area contributed by atoms with E-state index in [-0.39, 0.29) is 24.5 Å². The predicted octanol–water partition coefficient (Wildman–Crippen LogP) is -0.943. The molecule has 0 saturated carbocycles. The number of nitrogens with zero attached hydrogens (tertiary/aromatic N) is 3. The second-order valence-corrected chi connectivity index (χ2v) is 6.58. The van der Waals surface area contributed by atoms with Gasteiger partial charge in [-0.1, -0.05) is 12.1 Å². The molecular weight excluding hydrogens is 272 g/mol. The number of aromatic nitrogens is 3. The zero-order valence-corrected chi connectivity index (χ0v) is 11.5. The van der Waals surface area contributed by atoms with E-state index in [0.717, 1.165) is 0 Å². The highest BCUT2D eigenvalue weighted by Gasteiger charge is 2.15. The van der Waals surface area contributed by atoms with Crippen LogP contribution in [0.25, 0.3) is 0 Å². The zero-order chi connectivity index (χ0) is 14.5. The van der Waals surface area contributed by atoms with Gasteiger partial charge in [0.1, 0.15) is 6.04 Å². The molecule has 1 aromatic heterocycles. The zero-order valence-electron chi connectivity index (χ0n) is 10.7. The molecule has 108 valence electrons. The molecule has 9 heteroatoms. The Hall–Kier alpha value is -1.48. The third kappa shape index (κ3) is 5.35. The second-order valence-electron chi connectivity index (χ2n) is 4.27. The van der Waals surface area contributed by atoms with Gasteiger partial charge in [0.15, 0.2) is 9.84 Å². The Labute approximate surface area is 111 Å². The van der Waals surface area contributed by atoms with E-state index in [4.69, 9.17) is 10.8 Å². The van der Waals surface area contributed by atoms with E-state index in [0.29, 0.717) is 12.1 Å². The molecule has 8 nitrogen and oxygen atoms in total. The van der Waals surface area contributed by atoms with E-state index in [1.54, 1.807) is 6.92 Å². The van der Waals surface area contributed by atoms with Crippen LogP contribution < -0.4 is 5.73 Å². The van der Waals surface area contributed by atoms with Crippen LogP contribution in [0, 0.1) is 0 Å². The predicted molar refractivity (Wildman–Crippen MR) is 68.3 cm³/mol. The fourth-order valence-electron chi connectivity index (χ4n) is 1.50. The lowest BCUT2D eigenvalue weighted by Crippen LogP contribution is -2.32. The third-order valence-electron chi connectivity index (χ3n) is 2.48. The number of aryl methyl sites for hydroxylation is 1. The van der Waals surface area contributed by atoms with Crippen molar-refractivity contribution in [2.45, 2.75) is 32.4 Å². The molecule has 0 amide bonds. The van der Waals surface area contributed by atoms with Gasteiger partial charge in [-0.2, -0.15) is 0 Å². The first-order chi connectivity index (χ1) is 8.84. The van der Waals surface area contributed by atoms with E-state index in [9.17, 15) is 13.2 Å². The molecule has 3 N–H and O–H groups in total. The summed E-state index contributed by atoms with van der Waals surface area (Å²) < 4.78 is 24.4. The molecule has 0 bridgehead atoms. The van der Waals surface area contributed by atoms with Crippen molar-refractivity contribution in [3.63, 3.8) is 0 Å². The molecule has 1 atom stereocenters. The molecular formula is C10H18N4O4S. The van der Waals surface area contributed by atoms with Crippen molar-refractivity contribution in [3.05, 3.63) is 11.9 Å². The highest BCUT2D eigenvalue weighted by molar-refractivity contribution is 7.91. The van der Waals surface area contributed by atoms with Gasteiger partial charge in [0.2, 0.25) is 0 Å². The molecule has 0 aliphatic heterocycles. The van der Waals surface area contributed by atoms with Crippen molar-refractivity contribution in [1.82, 2.24) is 15.0 Å². The van der Waals surface area contributed by atoms with Crippen LogP contribution in [-0.4, -0.2) is 52.0 Å². The Morgan fingerprint density at radius 2 is 2.21 bits per heavy atom. The number of carboxylic acids is 1. The van der Waals surface area contributed by atoms with Crippen LogP contribution in [0.3, 0.4) is 0 Å². The minimum Gasteiger partial charge on any atom is -0.480 e. The smallest absolute Gasteiger partial charge is 0.320 e. The van der Waals surface area contributed by atoms with Gasteiger partial charge in [0, 0.05) is 18.4 Å². The molecule has 0 radical (unpaired) electrons. The average molecular weight is 290 g/mol. The summed E-state index contributed by atoms with van der Waals surface area (Å²) in [5.41, 5.74) is 5.80. The average Bonchev–Trinajstić information content (AvgIpc) is 2.74. The highest BCUT2D eigenvalue weighted by Crippen LogP contribution is 2.00. The van der Waals surface area contributed by atoms with E-state index < -0.39 is 21.8 Å². The van der Waals surface area contributed by atoms with Crippen molar-refractivity contribution in [3.8, 4) is 0 Å². The summed E-state index contributed by atoms with van der Waals surface area (Å²) in [7, 11) is -3.06. The van der Waals surface area contributed by atoms with Crippen molar-refractivity contribution < 1.29 is 18.3 Å². The number of carbonyl (C=O) groups is 1. The standard InChI is InChI=1S/C10H18N4O4S/c1-2-4-19(17,18)5-3-14-7-8(12-13-14)6-9(11)10(15)16/h7,9H,2-6,11H2,1H3,(H,15,16). The number of rotatable bonds is 8. The third-order valence-corrected chi connectivity index (χ3v) is 4.31. The largest absolute Gasteiger partial charge is 0.480 e. The summed E-state index contributed by atoms with van der Waals surface area (Å²) in [4.78, 5) is 10.6. The molecule has 0 aromatic carbocycles. The number of hydrogen-bond acceptors (Lipinski definition) is 6. The summed E-state index contributed by atoms with van der Waals surface area (Å²) in [6, 6.07) is -1.03. The molecule has 0 saturated heterocycles. The van der Waals surface area contributed by atoms with Crippen molar-refractivity contribution in [2.24, 2.45) is 5.73 Å². The first-order valence-electron chi connectivity index (χ1n) is 5.92. The van der Waals surface area contributed by atoms with Crippen LogP contribution in [0.2, 0.25) is 0 Å². The van der Waals surface area contributed by atoms with Gasteiger partial charge >= 0.3 is 5.97 Å². The molecule has 1 heterocycles. The van der Waals surface area contributed by atoms with E-state index in [1.165, 1.54) is 10.9 Å². The van der Waals surface area contributed by atoms with E-state index in [2.05, 4.69) is 10.3 Å². The maximum Gasteiger partial charge on any atom is 0.320 e. The molecule has 0 aliphatic rings. The fraction of sp³-hybridized carbons (Fsp3) is 0.700. The normalized spacial score (nSPS) is 13.4. The lowest BCUT2D eigenvalue weighted by Gasteiger charge is -2.02. The highest BCUT2D eigenvalue weighted by atomic mass is 32.2. The first kappa shape index (κ1) is 15.6. The number of hydrogen-bond donors (Lipinski definition) is 2. The fourth-order valence-corrected chi connectivity index (χ4v) is 2.79. The van der Waals surface area contributed by atoms with Crippen molar-refractivity contribution in [2.75, 3.05) is 11.5 Å². The summed E-state index contributed by atoms with van der Waals surface area (Å²) in [6.07, 6.45) is 2.17. The van der Waals surface area contributed by atoms with Gasteiger partial charge in [0.05, 0.1) is 18.0 Å². The maximum atomic E-state index is 11.5. The lowest BCUT2D eigenvalue weighted by atomic mass is 10.2. The Morgan fingerprint density at radius 1 is 1.53 bits per heavy atom. The summed E-state index contributed by atoms with van der Waals surface area (Å²) in [5.74, 6) is -0.965. The minimum absolute atomic E-state index is 0.00533. The Balaban J connectivity index is 2.54. The Kier molecular flexibility index (Phi) is 5.43. The van der Waals surface area contributed by atoms with Gasteiger partial charge in [0.25, 0.3) is 0 Å². The quantitative estimate of drug-likeness (QED) is 0.632. The van der Waals surface area contributed by atoms with Gasteiger partial charge < -0.3 is 10.8 Å². The Bertz CT molecular complexity index is 525. The van der Waals surface area contributed by atoms with Crippen LogP contribution in [0.15, 0.2) is 6.20 Å². The van der Waals surface area contributed by atoms with Crippen LogP contribution >= 0.6 is 0 Å². The first-order valence-corrected chi connectivity index (χ1v) is 7.74. The minimum atomic E-state index is -3.06. The van der Waals surface area contributed by atoms with Gasteiger partial charge in [-0.05, 0) is 6.42 Å². The van der Waals surface area contributed by atoms with E-state index >= 15 is 0 Å². The number of sulfone groups is 1. The van der Waals surface area contributed by atoms with E-state index in [1.807, 2.05) is 0 Å². The SMILES string of the molecule is CCCS(=O)(=O)CCn1cc(CC(N)C(=O)O)nn1. The monoisotopic (exact) mass is 290 g/mol. The molecule has 1 aromatic rings. The van der Waals surface area contributed by atoms with Crippen molar-refractivity contribution in [1.29, 1.82) is 0 Å². The topological polar surface area (TPSA) is 128 Å². The molecule has 1 unspecified atom stereocenters. The number of nitrogens with two attached hydrogens (primary N) is 1. The number of aliphatic carboxylic acids is 1. The maximum absolute atomic E-state index is 11.5. The van der Waals surface area contributed by atoms with Crippen LogP contribution in [-0.2, 0) is 27.6 Å². The van der Waals surface area contributed by atoms with Gasteiger partial charge in [-0.15, -0.1) is 5.10 Å². The molecule has 0 aliphatic carbocycles.